The summed E-state index contributed by atoms with van der Waals surface area (Å²) < 4.78 is 5.39. The number of hydrogen-bond acceptors (Lipinski definition) is 6. The predicted molar refractivity (Wildman–Crippen MR) is 112 cm³/mol. The highest BCUT2D eigenvalue weighted by Gasteiger charge is 2.40. The maximum atomic E-state index is 13.0. The van der Waals surface area contributed by atoms with Crippen LogP contribution in [0, 0.1) is 6.92 Å². The van der Waals surface area contributed by atoms with E-state index in [-0.39, 0.29) is 24.5 Å². The van der Waals surface area contributed by atoms with Gasteiger partial charge in [-0.05, 0) is 37.1 Å². The van der Waals surface area contributed by atoms with Gasteiger partial charge in [-0.3, -0.25) is 4.79 Å². The topological polar surface area (TPSA) is 74.5 Å². The summed E-state index contributed by atoms with van der Waals surface area (Å²) in [5.74, 6) is 0.920. The predicted octanol–water partition coefficient (Wildman–Crippen LogP) is 3.83. The van der Waals surface area contributed by atoms with E-state index in [2.05, 4.69) is 15.6 Å². The number of nitrogens with one attached hydrogen (secondary N) is 1. The summed E-state index contributed by atoms with van der Waals surface area (Å²) >= 11 is 5.99. The summed E-state index contributed by atoms with van der Waals surface area (Å²) in [6, 6.07) is 15.4. The molecule has 2 atom stereocenters. The molecule has 0 aliphatic carbocycles. The van der Waals surface area contributed by atoms with E-state index in [4.69, 9.17) is 16.1 Å². The number of amides is 1. The minimum atomic E-state index is -0.283. The van der Waals surface area contributed by atoms with Gasteiger partial charge in [-0.1, -0.05) is 52.7 Å². The Morgan fingerprint density at radius 3 is 2.83 bits per heavy atom. The van der Waals surface area contributed by atoms with Gasteiger partial charge in [-0.2, -0.15) is 4.98 Å². The van der Waals surface area contributed by atoms with Gasteiger partial charge in [0.2, 0.25) is 11.7 Å². The maximum absolute atomic E-state index is 13.0. The molecule has 2 aromatic carbocycles. The Balaban J connectivity index is 1.28. The van der Waals surface area contributed by atoms with Gasteiger partial charge in [0.05, 0.1) is 6.04 Å². The van der Waals surface area contributed by atoms with Gasteiger partial charge in [0.1, 0.15) is 12.6 Å². The van der Waals surface area contributed by atoms with E-state index in [9.17, 15) is 4.79 Å². The average molecular weight is 422 g/mol. The Morgan fingerprint density at radius 1 is 1.20 bits per heavy atom. The minimum Gasteiger partial charge on any atom is -0.337 e. The van der Waals surface area contributed by atoms with Crippen molar-refractivity contribution >= 4 is 17.5 Å². The molecule has 2 aliphatic heterocycles. The molecule has 152 valence electrons. The van der Waals surface area contributed by atoms with Crippen LogP contribution in [-0.2, 0) is 11.3 Å². The van der Waals surface area contributed by atoms with Crippen LogP contribution >= 0.6 is 11.6 Å². The largest absolute Gasteiger partial charge is 0.337 e. The Labute approximate surface area is 178 Å². The first-order chi connectivity index (χ1) is 14.6. The highest BCUT2D eigenvalue weighted by Crippen LogP contribution is 2.31. The quantitative estimate of drug-likeness (QED) is 0.690. The number of aryl methyl sites for hydroxylation is 1. The van der Waals surface area contributed by atoms with Crippen LogP contribution in [0.2, 0.25) is 5.02 Å². The number of nitrogens with zero attached hydrogens (tertiary/aromatic N) is 4. The van der Waals surface area contributed by atoms with Crippen molar-refractivity contribution < 1.29 is 9.32 Å². The van der Waals surface area contributed by atoms with E-state index in [1.165, 1.54) is 0 Å². The van der Waals surface area contributed by atoms with Gasteiger partial charge in [0, 0.05) is 23.0 Å². The molecule has 0 bridgehead atoms. The molecule has 0 radical (unpaired) electrons. The van der Waals surface area contributed by atoms with Gasteiger partial charge >= 0.3 is 0 Å². The van der Waals surface area contributed by atoms with Crippen molar-refractivity contribution in [2.45, 2.75) is 32.0 Å². The summed E-state index contributed by atoms with van der Waals surface area (Å²) in [4.78, 5) is 19.1. The van der Waals surface area contributed by atoms with E-state index in [0.29, 0.717) is 23.2 Å². The van der Waals surface area contributed by atoms with Crippen LogP contribution in [0.1, 0.15) is 29.5 Å². The zero-order chi connectivity index (χ0) is 20.7. The molecule has 2 aliphatic rings. The fourth-order valence-corrected chi connectivity index (χ4v) is 3.97. The van der Waals surface area contributed by atoms with Crippen molar-refractivity contribution in [3.63, 3.8) is 0 Å². The standard InChI is InChI=1S/C22H20ClN5O2/c1-14-3-2-4-16(11-14)21-24-20(30-26-21)13-27-9-10-28-19(22(27)29)12-18(25-28)15-5-7-17(23)8-6-15/h2-11,18-19,25H,12-13H2,1H3. The van der Waals surface area contributed by atoms with Gasteiger partial charge < -0.3 is 14.4 Å². The molecule has 0 saturated carbocycles. The van der Waals surface area contributed by atoms with E-state index >= 15 is 0 Å². The van der Waals surface area contributed by atoms with Gasteiger partial charge in [-0.15, -0.1) is 0 Å². The first-order valence-corrected chi connectivity index (χ1v) is 10.1. The van der Waals surface area contributed by atoms with Gasteiger partial charge in [0.15, 0.2) is 0 Å². The monoisotopic (exact) mass is 421 g/mol. The lowest BCUT2D eigenvalue weighted by molar-refractivity contribution is -0.135. The van der Waals surface area contributed by atoms with Crippen LogP contribution < -0.4 is 5.43 Å². The van der Waals surface area contributed by atoms with Gasteiger partial charge in [0.25, 0.3) is 5.91 Å². The number of carbonyl (C=O) groups is 1. The number of hydrazine groups is 1. The Kier molecular flexibility index (Phi) is 4.77. The second-order valence-electron chi connectivity index (χ2n) is 7.54. The summed E-state index contributed by atoms with van der Waals surface area (Å²) in [5, 5.41) is 6.62. The molecule has 0 spiro atoms. The third-order valence-electron chi connectivity index (χ3n) is 5.40. The van der Waals surface area contributed by atoms with Gasteiger partial charge in [-0.25, -0.2) is 5.43 Å². The van der Waals surface area contributed by atoms with Crippen LogP contribution in [0.5, 0.6) is 0 Å². The van der Waals surface area contributed by atoms with E-state index in [1.807, 2.05) is 66.7 Å². The molecule has 1 fully saturated rings. The number of halogens is 1. The van der Waals surface area contributed by atoms with Crippen molar-refractivity contribution in [3.05, 3.63) is 83.0 Å². The highest BCUT2D eigenvalue weighted by molar-refractivity contribution is 6.30. The molecular formula is C22H20ClN5O2. The van der Waals surface area contributed by atoms with E-state index in [1.54, 1.807) is 11.1 Å². The molecule has 7 nitrogen and oxygen atoms in total. The summed E-state index contributed by atoms with van der Waals surface area (Å²) in [6.07, 6.45) is 4.28. The first kappa shape index (κ1) is 18.8. The zero-order valence-corrected chi connectivity index (χ0v) is 17.1. The van der Waals surface area contributed by atoms with Crippen molar-refractivity contribution in [2.75, 3.05) is 0 Å². The number of aromatic nitrogens is 2. The third-order valence-corrected chi connectivity index (χ3v) is 5.65. The summed E-state index contributed by atoms with van der Waals surface area (Å²) in [6.45, 7) is 2.25. The molecule has 30 heavy (non-hydrogen) atoms. The van der Waals surface area contributed by atoms with Crippen LogP contribution in [0.4, 0.5) is 0 Å². The van der Waals surface area contributed by atoms with Crippen molar-refractivity contribution in [1.82, 2.24) is 25.5 Å². The molecule has 1 aromatic heterocycles. The lowest BCUT2D eigenvalue weighted by Gasteiger charge is -2.30. The number of rotatable bonds is 4. The molecule has 3 heterocycles. The molecular weight excluding hydrogens is 402 g/mol. The lowest BCUT2D eigenvalue weighted by atomic mass is 10.0. The van der Waals surface area contributed by atoms with Crippen LogP contribution in [-0.4, -0.2) is 32.0 Å². The maximum Gasteiger partial charge on any atom is 0.251 e. The number of carbonyl (C=O) groups excluding carboxylic acids is 1. The normalized spacial score (nSPS) is 20.7. The molecule has 2 unspecified atom stereocenters. The minimum absolute atomic E-state index is 0.00299. The SMILES string of the molecule is Cc1cccc(-c2noc(CN3C=CN4NC(c5ccc(Cl)cc5)CC4C3=O)n2)c1. The zero-order valence-electron chi connectivity index (χ0n) is 16.3. The van der Waals surface area contributed by atoms with Crippen molar-refractivity contribution in [3.8, 4) is 11.4 Å². The molecule has 1 saturated heterocycles. The highest BCUT2D eigenvalue weighted by atomic mass is 35.5. The van der Waals surface area contributed by atoms with Crippen LogP contribution in [0.25, 0.3) is 11.4 Å². The molecule has 1 N–H and O–H groups in total. The first-order valence-electron chi connectivity index (χ1n) is 9.75. The van der Waals surface area contributed by atoms with Crippen molar-refractivity contribution in [2.24, 2.45) is 0 Å². The van der Waals surface area contributed by atoms with Crippen LogP contribution in [0.3, 0.4) is 0 Å². The number of benzene rings is 2. The molecule has 5 rings (SSSR count). The number of fused-ring (bicyclic) bond motifs is 1. The fraction of sp³-hybridized carbons (Fsp3) is 0.227. The average Bonchev–Trinajstić information content (AvgIpc) is 3.38. The Morgan fingerprint density at radius 2 is 2.03 bits per heavy atom. The fourth-order valence-electron chi connectivity index (χ4n) is 3.85. The summed E-state index contributed by atoms with van der Waals surface area (Å²) in [7, 11) is 0. The second-order valence-corrected chi connectivity index (χ2v) is 7.97. The molecule has 8 heteroatoms. The molecule has 3 aromatic rings. The van der Waals surface area contributed by atoms with Crippen LogP contribution in [0.15, 0.2) is 65.5 Å². The Bertz CT molecular complexity index is 1110. The Hall–Kier alpha value is -3.16. The van der Waals surface area contributed by atoms with E-state index < -0.39 is 0 Å². The third kappa shape index (κ3) is 3.58. The smallest absolute Gasteiger partial charge is 0.251 e. The lowest BCUT2D eigenvalue weighted by Crippen LogP contribution is -2.47. The summed E-state index contributed by atoms with van der Waals surface area (Å²) in [5.41, 5.74) is 6.49. The molecule has 1 amide bonds. The van der Waals surface area contributed by atoms with E-state index in [0.717, 1.165) is 16.7 Å². The number of hydrogen-bond donors (Lipinski definition) is 1. The van der Waals surface area contributed by atoms with Crippen molar-refractivity contribution in [1.29, 1.82) is 0 Å². The second kappa shape index (κ2) is 7.59.